The first-order chi connectivity index (χ1) is 3.93. The molecule has 43 valence electrons. The van der Waals surface area contributed by atoms with Crippen molar-refractivity contribution in [2.24, 2.45) is 0 Å². The molecule has 1 aromatic carbocycles. The first-order valence-electron chi connectivity index (χ1n) is 2.97. The number of benzene rings is 1. The zero-order chi connectivity index (χ0) is 5.82. The maximum absolute atomic E-state index is 2.16. The molecule has 1 heteroatoms. The van der Waals surface area contributed by atoms with Gasteiger partial charge in [0.25, 0.3) is 0 Å². The van der Waals surface area contributed by atoms with E-state index in [4.69, 9.17) is 0 Å². The van der Waals surface area contributed by atoms with Crippen molar-refractivity contribution in [1.29, 1.82) is 0 Å². The third-order valence-corrected chi connectivity index (χ3v) is 1.25. The largest absolute Gasteiger partial charge is 0.0622 e. The summed E-state index contributed by atoms with van der Waals surface area (Å²) in [4.78, 5) is 0. The first-order valence-corrected chi connectivity index (χ1v) is 2.97. The third-order valence-electron chi connectivity index (χ3n) is 1.25. The van der Waals surface area contributed by atoms with Gasteiger partial charge < -0.3 is 0 Å². The molecule has 0 aliphatic rings. The predicted octanol–water partition coefficient (Wildman–Crippen LogP) is 1.87. The van der Waals surface area contributed by atoms with Gasteiger partial charge in [-0.3, -0.25) is 0 Å². The molecule has 0 atom stereocenters. The van der Waals surface area contributed by atoms with E-state index in [9.17, 15) is 0 Å². The van der Waals surface area contributed by atoms with Gasteiger partial charge in [-0.25, -0.2) is 0 Å². The monoisotopic (exact) mass is 129 g/mol. The molecule has 0 aliphatic carbocycles. The van der Waals surface area contributed by atoms with Crippen LogP contribution in [-0.2, 0) is 6.42 Å². The van der Waals surface area contributed by atoms with Gasteiger partial charge in [-0.05, 0) is 12.0 Å². The molecule has 0 amide bonds. The Kier molecular flexibility index (Phi) is 5.16. The Hall–Kier alpha value is 0.220. The molecule has 0 bridgehead atoms. The summed E-state index contributed by atoms with van der Waals surface area (Å²) in [5, 5.41) is 0. The molecule has 0 saturated carbocycles. The van der Waals surface area contributed by atoms with Gasteiger partial charge in [-0.2, -0.15) is 0 Å². The SMILES string of the molecule is CCc1ccccc1.[Na]. The maximum Gasteiger partial charge on any atom is 0 e. The number of hydrogen-bond donors (Lipinski definition) is 0. The molecule has 0 heterocycles. The van der Waals surface area contributed by atoms with E-state index in [-0.39, 0.29) is 29.6 Å². The van der Waals surface area contributed by atoms with Crippen LogP contribution in [0.5, 0.6) is 0 Å². The molecule has 1 rings (SSSR count). The molecule has 0 N–H and O–H groups in total. The topological polar surface area (TPSA) is 0 Å². The Morgan fingerprint density at radius 3 is 2.00 bits per heavy atom. The van der Waals surface area contributed by atoms with E-state index < -0.39 is 0 Å². The third kappa shape index (κ3) is 3.04. The second-order valence-electron chi connectivity index (χ2n) is 1.84. The summed E-state index contributed by atoms with van der Waals surface area (Å²) < 4.78 is 0. The molecule has 1 radical (unpaired) electrons. The van der Waals surface area contributed by atoms with Crippen LogP contribution in [0.1, 0.15) is 12.5 Å². The summed E-state index contributed by atoms with van der Waals surface area (Å²) in [6.45, 7) is 2.16. The van der Waals surface area contributed by atoms with Gasteiger partial charge in [0.2, 0.25) is 0 Å². The van der Waals surface area contributed by atoms with Crippen LogP contribution in [0.4, 0.5) is 0 Å². The number of aryl methyl sites for hydroxylation is 1. The van der Waals surface area contributed by atoms with E-state index in [1.165, 1.54) is 5.56 Å². The summed E-state index contributed by atoms with van der Waals surface area (Å²) in [7, 11) is 0. The van der Waals surface area contributed by atoms with Crippen LogP contribution in [0, 0.1) is 0 Å². The molecule has 0 saturated heterocycles. The second-order valence-corrected chi connectivity index (χ2v) is 1.84. The summed E-state index contributed by atoms with van der Waals surface area (Å²) in [6.07, 6.45) is 1.14. The minimum Gasteiger partial charge on any atom is -0.0622 e. The molecule has 0 spiro atoms. The fourth-order valence-electron chi connectivity index (χ4n) is 0.714. The van der Waals surface area contributed by atoms with E-state index in [1.807, 2.05) is 6.07 Å². The van der Waals surface area contributed by atoms with Crippen LogP contribution in [0.25, 0.3) is 0 Å². The van der Waals surface area contributed by atoms with Crippen LogP contribution in [0.15, 0.2) is 30.3 Å². The van der Waals surface area contributed by atoms with Crippen molar-refractivity contribution >= 4 is 29.6 Å². The van der Waals surface area contributed by atoms with E-state index in [0.29, 0.717) is 0 Å². The Labute approximate surface area is 78.6 Å². The normalized spacial score (nSPS) is 8.11. The maximum atomic E-state index is 2.16. The van der Waals surface area contributed by atoms with Crippen LogP contribution in [-0.4, -0.2) is 29.6 Å². The fraction of sp³-hybridized carbons (Fsp3) is 0.250. The summed E-state index contributed by atoms with van der Waals surface area (Å²) in [6, 6.07) is 10.5. The van der Waals surface area contributed by atoms with Gasteiger partial charge in [-0.1, -0.05) is 37.3 Å². The second kappa shape index (κ2) is 5.04. The summed E-state index contributed by atoms with van der Waals surface area (Å²) in [5.41, 5.74) is 1.41. The van der Waals surface area contributed by atoms with Crippen molar-refractivity contribution in [3.8, 4) is 0 Å². The Balaban J connectivity index is 0.000000640. The molecule has 9 heavy (non-hydrogen) atoms. The Morgan fingerprint density at radius 1 is 1.11 bits per heavy atom. The van der Waals surface area contributed by atoms with Crippen LogP contribution >= 0.6 is 0 Å². The fourth-order valence-corrected chi connectivity index (χ4v) is 0.714. The van der Waals surface area contributed by atoms with E-state index in [0.717, 1.165) is 6.42 Å². The van der Waals surface area contributed by atoms with Crippen LogP contribution < -0.4 is 0 Å². The average Bonchev–Trinajstić information content (AvgIpc) is 1.90. The Morgan fingerprint density at radius 2 is 1.67 bits per heavy atom. The zero-order valence-electron chi connectivity index (χ0n) is 6.09. The van der Waals surface area contributed by atoms with Crippen molar-refractivity contribution < 1.29 is 0 Å². The van der Waals surface area contributed by atoms with Crippen molar-refractivity contribution in [2.45, 2.75) is 13.3 Å². The molecule has 1 aromatic rings. The van der Waals surface area contributed by atoms with Gasteiger partial charge >= 0.3 is 0 Å². The van der Waals surface area contributed by atoms with Gasteiger partial charge in [0, 0.05) is 29.6 Å². The predicted molar refractivity (Wildman–Crippen MR) is 41.6 cm³/mol. The smallest absolute Gasteiger partial charge is 0 e. The minimum atomic E-state index is 0. The van der Waals surface area contributed by atoms with Gasteiger partial charge in [0.05, 0.1) is 0 Å². The van der Waals surface area contributed by atoms with Crippen molar-refractivity contribution in [1.82, 2.24) is 0 Å². The molecular weight excluding hydrogens is 119 g/mol. The molecule has 0 unspecified atom stereocenters. The zero-order valence-corrected chi connectivity index (χ0v) is 8.09. The minimum absolute atomic E-state index is 0. The van der Waals surface area contributed by atoms with Crippen molar-refractivity contribution in [3.63, 3.8) is 0 Å². The molecule has 0 nitrogen and oxygen atoms in total. The molecule has 0 fully saturated rings. The quantitative estimate of drug-likeness (QED) is 0.508. The van der Waals surface area contributed by atoms with E-state index in [1.54, 1.807) is 0 Å². The molecule has 0 aromatic heterocycles. The standard InChI is InChI=1S/C8H10.Na/c1-2-8-6-4-3-5-7-8;/h3-7H,2H2,1H3;. The number of rotatable bonds is 1. The van der Waals surface area contributed by atoms with E-state index in [2.05, 4.69) is 31.2 Å². The van der Waals surface area contributed by atoms with Gasteiger partial charge in [0.15, 0.2) is 0 Å². The summed E-state index contributed by atoms with van der Waals surface area (Å²) >= 11 is 0. The van der Waals surface area contributed by atoms with Crippen molar-refractivity contribution in [2.75, 3.05) is 0 Å². The van der Waals surface area contributed by atoms with Crippen molar-refractivity contribution in [3.05, 3.63) is 35.9 Å². The van der Waals surface area contributed by atoms with Crippen LogP contribution in [0.2, 0.25) is 0 Å². The van der Waals surface area contributed by atoms with E-state index >= 15 is 0 Å². The van der Waals surface area contributed by atoms with Gasteiger partial charge in [0.1, 0.15) is 0 Å². The average molecular weight is 129 g/mol. The summed E-state index contributed by atoms with van der Waals surface area (Å²) in [5.74, 6) is 0. The molecule has 0 aliphatic heterocycles. The Bertz CT molecular complexity index is 146. The van der Waals surface area contributed by atoms with Crippen LogP contribution in [0.3, 0.4) is 0 Å². The first kappa shape index (κ1) is 9.22. The molecular formula is C8H10Na. The van der Waals surface area contributed by atoms with Gasteiger partial charge in [-0.15, -0.1) is 0 Å². The number of hydrogen-bond acceptors (Lipinski definition) is 0.